The van der Waals surface area contributed by atoms with Gasteiger partial charge in [-0.1, -0.05) is 19.2 Å². The number of unbranched alkanes of at least 4 members (excludes halogenated alkanes) is 1. The zero-order valence-corrected chi connectivity index (χ0v) is 12.7. The highest BCUT2D eigenvalue weighted by atomic mass is 16.4. The Balaban J connectivity index is 2.37. The largest absolute Gasteiger partial charge is 0.480 e. The molecule has 20 heavy (non-hydrogen) atoms. The molecule has 0 aromatic carbocycles. The number of rotatable bonds is 9. The molecule has 1 atom stereocenters. The second kappa shape index (κ2) is 8.65. The van der Waals surface area contributed by atoms with Gasteiger partial charge in [-0.05, 0) is 44.7 Å². The van der Waals surface area contributed by atoms with Crippen molar-refractivity contribution in [3.8, 4) is 0 Å². The van der Waals surface area contributed by atoms with E-state index in [-0.39, 0.29) is 6.61 Å². The third-order valence-corrected chi connectivity index (χ3v) is 4.49. The zero-order chi connectivity index (χ0) is 15.0. The molecule has 0 amide bonds. The number of hydrogen-bond acceptors (Lipinski definition) is 4. The fraction of sp³-hybridized carbons (Fsp3) is 0.929. The number of nitrogens with zero attached hydrogens (tertiary/aromatic N) is 1. The van der Waals surface area contributed by atoms with E-state index >= 15 is 0 Å². The molecule has 0 aromatic heterocycles. The Morgan fingerprint density at radius 2 is 1.95 bits per heavy atom. The van der Waals surface area contributed by atoms with Crippen LogP contribution in [0.25, 0.3) is 0 Å². The molecule has 0 saturated carbocycles. The third kappa shape index (κ3) is 5.42. The highest BCUT2D eigenvalue weighted by Crippen LogP contribution is 2.21. The van der Waals surface area contributed by atoms with Crippen molar-refractivity contribution in [1.29, 1.82) is 0 Å². The lowest BCUT2D eigenvalue weighted by Crippen LogP contribution is -2.50. The van der Waals surface area contributed by atoms with E-state index in [9.17, 15) is 9.90 Å². The van der Waals surface area contributed by atoms with Gasteiger partial charge in [-0.3, -0.25) is 4.79 Å². The zero-order valence-electron chi connectivity index (χ0n) is 12.7. The first kappa shape index (κ1) is 17.5. The van der Waals surface area contributed by atoms with E-state index in [0.29, 0.717) is 18.8 Å². The lowest BCUT2D eigenvalue weighted by atomic mass is 9.87. The second-order valence-corrected chi connectivity index (χ2v) is 6.14. The van der Waals surface area contributed by atoms with E-state index in [2.05, 4.69) is 12.7 Å². The number of carboxylic acids is 1. The molecule has 1 heterocycles. The standard InChI is InChI=1S/C14H29BN2O3/c15-7-2-1-5-14(16,13(19)20)6-10-17-8-3-12(11-18)4-9-17/h12,18H,1-11,15-16H2,(H,19,20). The first-order valence-electron chi connectivity index (χ1n) is 7.87. The van der Waals surface area contributed by atoms with Gasteiger partial charge in [-0.25, -0.2) is 0 Å². The molecule has 4 N–H and O–H groups in total. The number of carboxylic acid groups (broad SMARTS) is 1. The minimum Gasteiger partial charge on any atom is -0.480 e. The molecule has 0 bridgehead atoms. The summed E-state index contributed by atoms with van der Waals surface area (Å²) in [5, 5.41) is 18.5. The minimum absolute atomic E-state index is 0.265. The SMILES string of the molecule is BCCCCC(N)(CCN1CCC(CO)CC1)C(=O)O. The van der Waals surface area contributed by atoms with Crippen molar-refractivity contribution in [2.45, 2.75) is 50.4 Å². The van der Waals surface area contributed by atoms with E-state index in [4.69, 9.17) is 10.8 Å². The van der Waals surface area contributed by atoms with Crippen LogP contribution in [-0.4, -0.2) is 60.7 Å². The number of nitrogens with two attached hydrogens (primary N) is 1. The number of hydrogen-bond donors (Lipinski definition) is 3. The van der Waals surface area contributed by atoms with Gasteiger partial charge in [0.05, 0.1) is 0 Å². The number of likely N-dealkylation sites (tertiary alicyclic amines) is 1. The number of aliphatic carboxylic acids is 1. The fourth-order valence-corrected chi connectivity index (χ4v) is 2.78. The van der Waals surface area contributed by atoms with Gasteiger partial charge in [0.15, 0.2) is 0 Å². The molecule has 116 valence electrons. The lowest BCUT2D eigenvalue weighted by Gasteiger charge is -2.33. The quantitative estimate of drug-likeness (QED) is 0.412. The molecule has 5 nitrogen and oxygen atoms in total. The first-order chi connectivity index (χ1) is 9.51. The highest BCUT2D eigenvalue weighted by Gasteiger charge is 2.33. The van der Waals surface area contributed by atoms with Crippen LogP contribution in [0.5, 0.6) is 0 Å². The molecule has 0 aliphatic carbocycles. The van der Waals surface area contributed by atoms with Gasteiger partial charge in [-0.15, -0.1) is 0 Å². The smallest absolute Gasteiger partial charge is 0.323 e. The summed E-state index contributed by atoms with van der Waals surface area (Å²) in [6.45, 7) is 2.89. The predicted octanol–water partition coefficient (Wildman–Crippen LogP) is 0.0846. The van der Waals surface area contributed by atoms with Crippen LogP contribution in [0.1, 0.15) is 38.5 Å². The molecule has 0 radical (unpaired) electrons. The summed E-state index contributed by atoms with van der Waals surface area (Å²) in [5.74, 6) is -0.461. The molecule has 1 aliphatic heterocycles. The van der Waals surface area contributed by atoms with Crippen LogP contribution in [0.4, 0.5) is 0 Å². The number of carbonyl (C=O) groups is 1. The van der Waals surface area contributed by atoms with Gasteiger partial charge < -0.3 is 20.8 Å². The van der Waals surface area contributed by atoms with Crippen LogP contribution in [0.15, 0.2) is 0 Å². The van der Waals surface area contributed by atoms with Crippen LogP contribution in [-0.2, 0) is 4.79 Å². The van der Waals surface area contributed by atoms with E-state index < -0.39 is 11.5 Å². The van der Waals surface area contributed by atoms with Crippen LogP contribution in [0.2, 0.25) is 6.32 Å². The molecule has 1 aliphatic rings. The molecule has 0 aromatic rings. The minimum atomic E-state index is -1.08. The Morgan fingerprint density at radius 1 is 1.30 bits per heavy atom. The number of piperidine rings is 1. The number of aliphatic hydroxyl groups is 1. The number of aliphatic hydroxyl groups excluding tert-OH is 1. The lowest BCUT2D eigenvalue weighted by molar-refractivity contribution is -0.144. The summed E-state index contributed by atoms with van der Waals surface area (Å²) in [7, 11) is 2.10. The Kier molecular flexibility index (Phi) is 7.55. The average Bonchev–Trinajstić information content (AvgIpc) is 2.46. The van der Waals surface area contributed by atoms with Crippen LogP contribution < -0.4 is 5.73 Å². The van der Waals surface area contributed by atoms with Gasteiger partial charge in [-0.2, -0.15) is 0 Å². The van der Waals surface area contributed by atoms with Crippen molar-refractivity contribution in [3.63, 3.8) is 0 Å². The molecular weight excluding hydrogens is 255 g/mol. The second-order valence-electron chi connectivity index (χ2n) is 6.14. The van der Waals surface area contributed by atoms with E-state index in [1.807, 2.05) is 0 Å². The topological polar surface area (TPSA) is 86.8 Å². The molecule has 1 rings (SSSR count). The predicted molar refractivity (Wildman–Crippen MR) is 82.6 cm³/mol. The van der Waals surface area contributed by atoms with Crippen molar-refractivity contribution in [1.82, 2.24) is 4.90 Å². The summed E-state index contributed by atoms with van der Waals surface area (Å²) >= 11 is 0. The van der Waals surface area contributed by atoms with E-state index in [1.165, 1.54) is 0 Å². The summed E-state index contributed by atoms with van der Waals surface area (Å²) in [4.78, 5) is 13.7. The summed E-state index contributed by atoms with van der Waals surface area (Å²) in [5.41, 5.74) is 5.01. The molecule has 1 unspecified atom stereocenters. The Hall–Kier alpha value is -0.585. The molecular formula is C14H29BN2O3. The Labute approximate surface area is 122 Å². The van der Waals surface area contributed by atoms with Crippen molar-refractivity contribution in [3.05, 3.63) is 0 Å². The van der Waals surface area contributed by atoms with Crippen LogP contribution >= 0.6 is 0 Å². The van der Waals surface area contributed by atoms with Gasteiger partial charge >= 0.3 is 5.97 Å². The summed E-state index contributed by atoms with van der Waals surface area (Å²) in [6, 6.07) is 0. The van der Waals surface area contributed by atoms with E-state index in [0.717, 1.165) is 51.6 Å². The van der Waals surface area contributed by atoms with Gasteiger partial charge in [0, 0.05) is 13.2 Å². The highest BCUT2D eigenvalue weighted by molar-refractivity contribution is 6.08. The van der Waals surface area contributed by atoms with Crippen molar-refractivity contribution in [2.75, 3.05) is 26.2 Å². The van der Waals surface area contributed by atoms with Crippen LogP contribution in [0.3, 0.4) is 0 Å². The first-order valence-corrected chi connectivity index (χ1v) is 7.87. The van der Waals surface area contributed by atoms with Crippen molar-refractivity contribution < 1.29 is 15.0 Å². The van der Waals surface area contributed by atoms with Crippen molar-refractivity contribution in [2.24, 2.45) is 11.7 Å². The van der Waals surface area contributed by atoms with Crippen LogP contribution in [0, 0.1) is 5.92 Å². The maximum Gasteiger partial charge on any atom is 0.323 e. The van der Waals surface area contributed by atoms with Gasteiger partial charge in [0.1, 0.15) is 13.4 Å². The Bertz CT molecular complexity index is 296. The molecule has 0 spiro atoms. The van der Waals surface area contributed by atoms with Crippen molar-refractivity contribution >= 4 is 13.8 Å². The maximum atomic E-state index is 11.4. The average molecular weight is 284 g/mol. The monoisotopic (exact) mass is 284 g/mol. The van der Waals surface area contributed by atoms with Gasteiger partial charge in [0.2, 0.25) is 0 Å². The molecule has 6 heteroatoms. The van der Waals surface area contributed by atoms with E-state index in [1.54, 1.807) is 0 Å². The summed E-state index contributed by atoms with van der Waals surface area (Å²) < 4.78 is 0. The molecule has 1 fully saturated rings. The third-order valence-electron chi connectivity index (χ3n) is 4.49. The normalized spacial score (nSPS) is 20.7. The summed E-state index contributed by atoms with van der Waals surface area (Å²) in [6.07, 6.45) is 6.05. The Morgan fingerprint density at radius 3 is 2.45 bits per heavy atom. The molecule has 1 saturated heterocycles. The maximum absolute atomic E-state index is 11.4. The fourth-order valence-electron chi connectivity index (χ4n) is 2.78. The van der Waals surface area contributed by atoms with Gasteiger partial charge in [0.25, 0.3) is 0 Å².